The second-order valence-corrected chi connectivity index (χ2v) is 11.0. The maximum Gasteiger partial charge on any atom is 0.295 e. The SMILES string of the molecule is CCCOc1ccc(/C(O)=C2/C(=O)C(=O)N(Cc3cccc(OC)c3)C2c2ccc(C(C)(C)C)cc2)cc1C. The van der Waals surface area contributed by atoms with Crippen LogP contribution in [0.15, 0.2) is 72.3 Å². The minimum Gasteiger partial charge on any atom is -0.507 e. The topological polar surface area (TPSA) is 76.1 Å². The molecule has 1 heterocycles. The quantitative estimate of drug-likeness (QED) is 0.200. The van der Waals surface area contributed by atoms with Crippen LogP contribution in [0, 0.1) is 6.92 Å². The van der Waals surface area contributed by atoms with Crippen molar-refractivity contribution in [3.8, 4) is 11.5 Å². The summed E-state index contributed by atoms with van der Waals surface area (Å²) in [5.74, 6) is -0.165. The third-order valence-electron chi connectivity index (χ3n) is 7.03. The first-order chi connectivity index (χ1) is 18.5. The molecule has 6 heteroatoms. The van der Waals surface area contributed by atoms with Crippen LogP contribution < -0.4 is 9.47 Å². The Morgan fingerprint density at radius 3 is 2.33 bits per heavy atom. The van der Waals surface area contributed by atoms with E-state index in [2.05, 4.69) is 20.8 Å². The molecule has 0 bridgehead atoms. The van der Waals surface area contributed by atoms with Gasteiger partial charge in [0.25, 0.3) is 11.7 Å². The van der Waals surface area contributed by atoms with Crippen molar-refractivity contribution in [1.29, 1.82) is 0 Å². The van der Waals surface area contributed by atoms with Gasteiger partial charge in [-0.2, -0.15) is 0 Å². The molecule has 0 radical (unpaired) electrons. The largest absolute Gasteiger partial charge is 0.507 e. The highest BCUT2D eigenvalue weighted by molar-refractivity contribution is 6.46. The summed E-state index contributed by atoms with van der Waals surface area (Å²) in [7, 11) is 1.59. The molecule has 1 atom stereocenters. The molecule has 0 spiro atoms. The Labute approximate surface area is 230 Å². The fourth-order valence-electron chi connectivity index (χ4n) is 4.85. The van der Waals surface area contributed by atoms with E-state index in [1.807, 2.05) is 62.4 Å². The number of aliphatic hydroxyl groups excluding tert-OH is 1. The molecule has 0 aliphatic carbocycles. The van der Waals surface area contributed by atoms with Crippen molar-refractivity contribution in [2.24, 2.45) is 0 Å². The lowest BCUT2D eigenvalue weighted by Crippen LogP contribution is -2.29. The molecule has 39 heavy (non-hydrogen) atoms. The second kappa shape index (κ2) is 11.4. The molecule has 6 nitrogen and oxygen atoms in total. The van der Waals surface area contributed by atoms with Crippen LogP contribution in [-0.4, -0.2) is 35.4 Å². The summed E-state index contributed by atoms with van der Waals surface area (Å²) in [6, 6.07) is 19.9. The molecule has 1 fully saturated rings. The lowest BCUT2D eigenvalue weighted by molar-refractivity contribution is -0.140. The molecule has 3 aromatic carbocycles. The van der Waals surface area contributed by atoms with Crippen molar-refractivity contribution < 1.29 is 24.2 Å². The van der Waals surface area contributed by atoms with E-state index in [1.54, 1.807) is 25.3 Å². The van der Waals surface area contributed by atoms with Gasteiger partial charge in [0, 0.05) is 12.1 Å². The Morgan fingerprint density at radius 1 is 1.00 bits per heavy atom. The highest BCUT2D eigenvalue weighted by Crippen LogP contribution is 2.41. The molecule has 1 aliphatic heterocycles. The first-order valence-electron chi connectivity index (χ1n) is 13.3. The van der Waals surface area contributed by atoms with E-state index in [0.29, 0.717) is 17.9 Å². The summed E-state index contributed by atoms with van der Waals surface area (Å²) in [4.78, 5) is 28.5. The predicted molar refractivity (Wildman–Crippen MR) is 153 cm³/mol. The zero-order valence-corrected chi connectivity index (χ0v) is 23.6. The van der Waals surface area contributed by atoms with E-state index in [9.17, 15) is 14.7 Å². The van der Waals surface area contributed by atoms with Crippen LogP contribution >= 0.6 is 0 Å². The number of carbonyl (C=O) groups excluding carboxylic acids is 2. The van der Waals surface area contributed by atoms with E-state index >= 15 is 0 Å². The number of hydrogen-bond acceptors (Lipinski definition) is 5. The molecule has 3 aromatic rings. The summed E-state index contributed by atoms with van der Waals surface area (Å²) in [5.41, 5.74) is 4.03. The average Bonchev–Trinajstić information content (AvgIpc) is 3.16. The Bertz CT molecular complexity index is 1400. The van der Waals surface area contributed by atoms with Crippen LogP contribution in [0.2, 0.25) is 0 Å². The van der Waals surface area contributed by atoms with Gasteiger partial charge in [-0.15, -0.1) is 0 Å². The number of ether oxygens (including phenoxy) is 2. The van der Waals surface area contributed by atoms with Gasteiger partial charge >= 0.3 is 0 Å². The number of amides is 1. The summed E-state index contributed by atoms with van der Waals surface area (Å²) in [6.45, 7) is 11.1. The van der Waals surface area contributed by atoms with Crippen molar-refractivity contribution in [1.82, 2.24) is 4.90 Å². The van der Waals surface area contributed by atoms with Gasteiger partial charge in [0.1, 0.15) is 17.3 Å². The van der Waals surface area contributed by atoms with Crippen molar-refractivity contribution in [3.05, 3.63) is 100 Å². The number of aliphatic hydroxyl groups is 1. The van der Waals surface area contributed by atoms with Crippen molar-refractivity contribution >= 4 is 17.4 Å². The van der Waals surface area contributed by atoms with E-state index in [4.69, 9.17) is 9.47 Å². The molecule has 0 saturated carbocycles. The summed E-state index contributed by atoms with van der Waals surface area (Å²) in [6.07, 6.45) is 0.881. The Kier molecular flexibility index (Phi) is 8.14. The number of carbonyl (C=O) groups is 2. The van der Waals surface area contributed by atoms with E-state index in [-0.39, 0.29) is 23.3 Å². The highest BCUT2D eigenvalue weighted by atomic mass is 16.5. The van der Waals surface area contributed by atoms with Crippen LogP contribution in [0.25, 0.3) is 5.76 Å². The number of hydrogen-bond donors (Lipinski definition) is 1. The second-order valence-electron chi connectivity index (χ2n) is 11.0. The smallest absolute Gasteiger partial charge is 0.295 e. The van der Waals surface area contributed by atoms with E-state index < -0.39 is 17.7 Å². The first kappa shape index (κ1) is 28.0. The van der Waals surface area contributed by atoms with Gasteiger partial charge in [-0.1, -0.05) is 64.1 Å². The monoisotopic (exact) mass is 527 g/mol. The maximum absolute atomic E-state index is 13.5. The highest BCUT2D eigenvalue weighted by Gasteiger charge is 2.46. The Hall–Kier alpha value is -4.06. The van der Waals surface area contributed by atoms with Crippen molar-refractivity contribution in [2.75, 3.05) is 13.7 Å². The van der Waals surface area contributed by atoms with Gasteiger partial charge in [-0.05, 0) is 71.3 Å². The first-order valence-corrected chi connectivity index (χ1v) is 13.3. The molecule has 1 saturated heterocycles. The van der Waals surface area contributed by atoms with Crippen LogP contribution in [0.4, 0.5) is 0 Å². The predicted octanol–water partition coefficient (Wildman–Crippen LogP) is 6.71. The molecule has 204 valence electrons. The summed E-state index contributed by atoms with van der Waals surface area (Å²) >= 11 is 0. The van der Waals surface area contributed by atoms with Crippen LogP contribution in [0.5, 0.6) is 11.5 Å². The van der Waals surface area contributed by atoms with Crippen molar-refractivity contribution in [2.45, 2.75) is 59.0 Å². The molecule has 1 amide bonds. The zero-order chi connectivity index (χ0) is 28.3. The number of ketones is 1. The van der Waals surface area contributed by atoms with Gasteiger partial charge < -0.3 is 19.5 Å². The van der Waals surface area contributed by atoms with E-state index in [0.717, 1.165) is 34.4 Å². The Balaban J connectivity index is 1.82. The van der Waals surface area contributed by atoms with Gasteiger partial charge in [0.05, 0.1) is 25.3 Å². The number of Topliss-reactive ketones (excluding diaryl/α,β-unsaturated/α-hetero) is 1. The summed E-state index contributed by atoms with van der Waals surface area (Å²) < 4.78 is 11.1. The molecular formula is C33H37NO5. The normalized spacial score (nSPS) is 17.0. The molecule has 0 aromatic heterocycles. The fourth-order valence-corrected chi connectivity index (χ4v) is 4.85. The van der Waals surface area contributed by atoms with Gasteiger partial charge in [0.2, 0.25) is 0 Å². The number of likely N-dealkylation sites (tertiary alicyclic amines) is 1. The molecule has 1 unspecified atom stereocenters. The van der Waals surface area contributed by atoms with Crippen LogP contribution in [-0.2, 0) is 21.5 Å². The van der Waals surface area contributed by atoms with Crippen molar-refractivity contribution in [3.63, 3.8) is 0 Å². The number of nitrogens with zero attached hydrogens (tertiary/aromatic N) is 1. The number of benzene rings is 3. The number of rotatable bonds is 8. The lowest BCUT2D eigenvalue weighted by Gasteiger charge is -2.27. The maximum atomic E-state index is 13.5. The lowest BCUT2D eigenvalue weighted by atomic mass is 9.85. The molecule has 1 aliphatic rings. The van der Waals surface area contributed by atoms with Gasteiger partial charge in [0.15, 0.2) is 0 Å². The average molecular weight is 528 g/mol. The van der Waals surface area contributed by atoms with Gasteiger partial charge in [-0.25, -0.2) is 0 Å². The fraction of sp³-hybridized carbons (Fsp3) is 0.333. The molecule has 1 N–H and O–H groups in total. The molecule has 4 rings (SSSR count). The number of aryl methyl sites for hydroxylation is 1. The van der Waals surface area contributed by atoms with E-state index in [1.165, 1.54) is 4.90 Å². The van der Waals surface area contributed by atoms with Crippen LogP contribution in [0.1, 0.15) is 68.0 Å². The summed E-state index contributed by atoms with van der Waals surface area (Å²) in [5, 5.41) is 11.5. The minimum atomic E-state index is -0.749. The zero-order valence-electron chi connectivity index (χ0n) is 23.6. The molecular weight excluding hydrogens is 490 g/mol. The Morgan fingerprint density at radius 2 is 1.72 bits per heavy atom. The standard InChI is InChI=1S/C33H37NO5/c1-7-17-39-27-16-13-24(18-21(27)2)30(35)28-29(23-11-14-25(15-12-23)33(3,4)5)34(32(37)31(28)36)20-22-9-8-10-26(19-22)38-6/h8-16,18-19,29,35H,7,17,20H2,1-6H3/b30-28-. The van der Waals surface area contributed by atoms with Crippen LogP contribution in [0.3, 0.4) is 0 Å². The third-order valence-corrected chi connectivity index (χ3v) is 7.03. The number of methoxy groups -OCH3 is 1. The van der Waals surface area contributed by atoms with Gasteiger partial charge in [-0.3, -0.25) is 9.59 Å². The third kappa shape index (κ3) is 5.85. The minimum absolute atomic E-state index is 0.0555.